The molecule has 1 amide bonds. The van der Waals surface area contributed by atoms with Gasteiger partial charge in [0, 0.05) is 17.8 Å². The molecule has 0 N–H and O–H groups in total. The Balaban J connectivity index is 2.01. The molecule has 0 bridgehead atoms. The second-order valence-corrected chi connectivity index (χ2v) is 5.71. The van der Waals surface area contributed by atoms with E-state index in [4.69, 9.17) is 4.74 Å². The van der Waals surface area contributed by atoms with E-state index in [1.807, 2.05) is 20.8 Å². The Morgan fingerprint density at radius 1 is 1.56 bits per heavy atom. The van der Waals surface area contributed by atoms with Crippen molar-refractivity contribution in [3.05, 3.63) is 16.1 Å². The molecular weight excluding hydrogens is 224 g/mol. The number of aromatic nitrogens is 1. The van der Waals surface area contributed by atoms with Crippen LogP contribution in [0.5, 0.6) is 0 Å². The summed E-state index contributed by atoms with van der Waals surface area (Å²) in [6, 6.07) is 0. The molecule has 2 heterocycles. The van der Waals surface area contributed by atoms with Crippen LogP contribution >= 0.6 is 11.3 Å². The van der Waals surface area contributed by atoms with Crippen LogP contribution in [0.4, 0.5) is 4.79 Å². The number of nitrogens with zero attached hydrogens (tertiary/aromatic N) is 2. The molecule has 0 aromatic carbocycles. The van der Waals surface area contributed by atoms with Crippen LogP contribution in [-0.2, 0) is 17.7 Å². The van der Waals surface area contributed by atoms with Crippen molar-refractivity contribution in [3.63, 3.8) is 0 Å². The highest BCUT2D eigenvalue weighted by Crippen LogP contribution is 2.22. The molecule has 0 aliphatic carbocycles. The number of rotatable bonds is 0. The molecular formula is C11H15N2O2S. The molecule has 1 aliphatic heterocycles. The van der Waals surface area contributed by atoms with Crippen molar-refractivity contribution in [2.75, 3.05) is 6.54 Å². The minimum absolute atomic E-state index is 0.244. The Labute approximate surface area is 99.2 Å². The van der Waals surface area contributed by atoms with E-state index in [-0.39, 0.29) is 6.09 Å². The van der Waals surface area contributed by atoms with E-state index in [1.165, 1.54) is 11.3 Å². The van der Waals surface area contributed by atoms with Gasteiger partial charge in [-0.1, -0.05) is 0 Å². The maximum atomic E-state index is 11.8. The molecule has 5 heteroatoms. The van der Waals surface area contributed by atoms with Crippen molar-refractivity contribution < 1.29 is 9.53 Å². The normalized spacial score (nSPS) is 15.8. The maximum absolute atomic E-state index is 11.8. The summed E-state index contributed by atoms with van der Waals surface area (Å²) in [7, 11) is 0. The molecule has 16 heavy (non-hydrogen) atoms. The smallest absolute Gasteiger partial charge is 0.410 e. The summed E-state index contributed by atoms with van der Waals surface area (Å²) in [5.74, 6) is 0. The van der Waals surface area contributed by atoms with Gasteiger partial charge in [0.25, 0.3) is 0 Å². The third-order valence-electron chi connectivity index (χ3n) is 2.28. The van der Waals surface area contributed by atoms with Crippen LogP contribution in [0, 0.1) is 5.51 Å². The Morgan fingerprint density at radius 2 is 2.31 bits per heavy atom. The van der Waals surface area contributed by atoms with Gasteiger partial charge in [0.15, 0.2) is 5.51 Å². The lowest BCUT2D eigenvalue weighted by Crippen LogP contribution is -2.39. The van der Waals surface area contributed by atoms with Crippen LogP contribution in [0.2, 0.25) is 0 Å². The molecule has 0 fully saturated rings. The summed E-state index contributed by atoms with van der Waals surface area (Å²) in [4.78, 5) is 18.8. The van der Waals surface area contributed by atoms with Gasteiger partial charge in [-0.05, 0) is 20.8 Å². The van der Waals surface area contributed by atoms with Crippen molar-refractivity contribution in [1.29, 1.82) is 0 Å². The summed E-state index contributed by atoms with van der Waals surface area (Å²) >= 11 is 1.48. The van der Waals surface area contributed by atoms with Crippen molar-refractivity contribution in [2.45, 2.75) is 39.3 Å². The summed E-state index contributed by atoms with van der Waals surface area (Å²) in [5.41, 5.74) is 3.50. The third kappa shape index (κ3) is 2.52. The quantitative estimate of drug-likeness (QED) is 0.697. The highest BCUT2D eigenvalue weighted by atomic mass is 32.1. The summed E-state index contributed by atoms with van der Waals surface area (Å²) in [5, 5.41) is 0. The number of fused-ring (bicyclic) bond motifs is 1. The predicted molar refractivity (Wildman–Crippen MR) is 61.3 cm³/mol. The average Bonchev–Trinajstić information content (AvgIpc) is 2.61. The lowest BCUT2D eigenvalue weighted by atomic mass is 10.2. The standard InChI is InChI=1S/C11H15N2O2S/c1-11(2,3)15-10(14)13-5-4-8-9(6-13)16-7-12-8/h4-6H2,1-3H3. The number of amides is 1. The first-order valence-corrected chi connectivity index (χ1v) is 6.10. The second-order valence-electron chi connectivity index (χ2n) is 4.83. The van der Waals surface area contributed by atoms with Gasteiger partial charge in [-0.2, -0.15) is 0 Å². The fourth-order valence-electron chi connectivity index (χ4n) is 1.55. The zero-order valence-corrected chi connectivity index (χ0v) is 10.6. The van der Waals surface area contributed by atoms with E-state index in [1.54, 1.807) is 4.90 Å². The van der Waals surface area contributed by atoms with E-state index >= 15 is 0 Å². The van der Waals surface area contributed by atoms with Crippen molar-refractivity contribution in [3.8, 4) is 0 Å². The monoisotopic (exact) mass is 239 g/mol. The molecule has 0 saturated heterocycles. The zero-order valence-electron chi connectivity index (χ0n) is 9.74. The highest BCUT2D eigenvalue weighted by Gasteiger charge is 2.26. The maximum Gasteiger partial charge on any atom is 0.410 e. The van der Waals surface area contributed by atoms with Crippen molar-refractivity contribution in [1.82, 2.24) is 9.88 Å². The van der Waals surface area contributed by atoms with Crippen LogP contribution in [0.3, 0.4) is 0 Å². The van der Waals surface area contributed by atoms with Gasteiger partial charge < -0.3 is 9.64 Å². The van der Waals surface area contributed by atoms with Gasteiger partial charge in [0.05, 0.1) is 12.2 Å². The van der Waals surface area contributed by atoms with E-state index < -0.39 is 5.60 Å². The third-order valence-corrected chi connectivity index (χ3v) is 3.07. The Kier molecular flexibility index (Phi) is 2.88. The van der Waals surface area contributed by atoms with E-state index in [0.29, 0.717) is 13.1 Å². The molecule has 0 unspecified atom stereocenters. The summed E-state index contributed by atoms with van der Waals surface area (Å²) < 4.78 is 5.33. The molecule has 2 rings (SSSR count). The number of carbonyl (C=O) groups is 1. The van der Waals surface area contributed by atoms with E-state index in [2.05, 4.69) is 10.5 Å². The first-order valence-electron chi connectivity index (χ1n) is 5.28. The number of hydrogen-bond donors (Lipinski definition) is 0. The Hall–Kier alpha value is -1.10. The van der Waals surface area contributed by atoms with Gasteiger partial charge in [-0.15, -0.1) is 11.3 Å². The highest BCUT2D eigenvalue weighted by molar-refractivity contribution is 7.09. The number of carbonyl (C=O) groups excluding carboxylic acids is 1. The minimum Gasteiger partial charge on any atom is -0.444 e. The molecule has 1 aromatic rings. The predicted octanol–water partition coefficient (Wildman–Crippen LogP) is 2.24. The van der Waals surface area contributed by atoms with Crippen LogP contribution in [0.15, 0.2) is 0 Å². The molecule has 0 spiro atoms. The van der Waals surface area contributed by atoms with Crippen LogP contribution in [0.1, 0.15) is 31.3 Å². The lowest BCUT2D eigenvalue weighted by Gasteiger charge is -2.29. The first-order chi connectivity index (χ1) is 7.46. The fraction of sp³-hybridized carbons (Fsp3) is 0.636. The van der Waals surface area contributed by atoms with Crippen LogP contribution in [-0.4, -0.2) is 28.1 Å². The number of thiazole rings is 1. The largest absolute Gasteiger partial charge is 0.444 e. The van der Waals surface area contributed by atoms with Crippen molar-refractivity contribution >= 4 is 17.4 Å². The molecule has 4 nitrogen and oxygen atoms in total. The van der Waals surface area contributed by atoms with Gasteiger partial charge in [0.1, 0.15) is 5.60 Å². The second kappa shape index (κ2) is 4.05. The Morgan fingerprint density at radius 3 is 3.00 bits per heavy atom. The van der Waals surface area contributed by atoms with E-state index in [9.17, 15) is 4.79 Å². The minimum atomic E-state index is -0.433. The van der Waals surface area contributed by atoms with Gasteiger partial charge in [-0.3, -0.25) is 0 Å². The number of hydrogen-bond acceptors (Lipinski definition) is 4. The summed E-state index contributed by atoms with van der Waals surface area (Å²) in [6.45, 7) is 6.91. The van der Waals surface area contributed by atoms with E-state index in [0.717, 1.165) is 17.0 Å². The number of ether oxygens (including phenoxy) is 1. The zero-order chi connectivity index (χ0) is 11.8. The molecule has 1 radical (unpaired) electrons. The molecule has 1 aliphatic rings. The summed E-state index contributed by atoms with van der Waals surface area (Å²) in [6.07, 6.45) is 0.556. The first kappa shape index (κ1) is 11.4. The topological polar surface area (TPSA) is 42.4 Å². The van der Waals surface area contributed by atoms with Gasteiger partial charge >= 0.3 is 6.09 Å². The molecule has 0 atom stereocenters. The SMILES string of the molecule is CC(C)(C)OC(=O)N1CCc2n[c]sc2C1. The molecule has 0 saturated carbocycles. The van der Waals surface area contributed by atoms with Crippen molar-refractivity contribution in [2.24, 2.45) is 0 Å². The average molecular weight is 239 g/mol. The van der Waals surface area contributed by atoms with Gasteiger partial charge in [-0.25, -0.2) is 9.78 Å². The lowest BCUT2D eigenvalue weighted by molar-refractivity contribution is 0.0225. The molecule has 87 valence electrons. The molecule has 1 aromatic heterocycles. The Bertz CT molecular complexity index is 395. The van der Waals surface area contributed by atoms with Crippen LogP contribution < -0.4 is 0 Å². The fourth-order valence-corrected chi connectivity index (χ4v) is 2.30. The van der Waals surface area contributed by atoms with Gasteiger partial charge in [0.2, 0.25) is 0 Å². The van der Waals surface area contributed by atoms with Crippen LogP contribution in [0.25, 0.3) is 0 Å².